The summed E-state index contributed by atoms with van der Waals surface area (Å²) in [6, 6.07) is 12.1. The van der Waals surface area contributed by atoms with E-state index in [9.17, 15) is 19.2 Å². The Hall–Kier alpha value is -2.70. The van der Waals surface area contributed by atoms with Gasteiger partial charge < -0.3 is 0 Å². The zero-order chi connectivity index (χ0) is 21.3. The standard InChI is InChI=1S/C21H18Cl2N2O4/c1-3-21(4-2)19(28)24(17(26)13-8-7-9-14(22)12-13)25(20(21)29)18(27)15-10-5-6-11-16(15)23/h5-12H,3-4H2,1-2H3. The fourth-order valence-corrected chi connectivity index (χ4v) is 3.80. The SMILES string of the molecule is CCC1(CC)C(=O)N(C(=O)c2cccc(Cl)c2)N(C(=O)c2ccccc2Cl)C1=O. The highest BCUT2D eigenvalue weighted by Crippen LogP contribution is 2.40. The Morgan fingerprint density at radius 1 is 0.862 bits per heavy atom. The third kappa shape index (κ3) is 3.32. The lowest BCUT2D eigenvalue weighted by Gasteiger charge is -2.24. The number of carbonyl (C=O) groups is 4. The molecule has 2 aromatic carbocycles. The van der Waals surface area contributed by atoms with Crippen LogP contribution in [0.3, 0.4) is 0 Å². The van der Waals surface area contributed by atoms with Gasteiger partial charge in [0.2, 0.25) is 0 Å². The summed E-state index contributed by atoms with van der Waals surface area (Å²) < 4.78 is 0. The summed E-state index contributed by atoms with van der Waals surface area (Å²) in [5.41, 5.74) is -1.40. The molecule has 0 saturated carbocycles. The Morgan fingerprint density at radius 3 is 2.00 bits per heavy atom. The number of amides is 4. The van der Waals surface area contributed by atoms with E-state index in [0.717, 1.165) is 0 Å². The molecule has 1 aliphatic heterocycles. The summed E-state index contributed by atoms with van der Waals surface area (Å²) in [4.78, 5) is 52.9. The average molecular weight is 433 g/mol. The Balaban J connectivity index is 2.15. The molecular weight excluding hydrogens is 415 g/mol. The van der Waals surface area contributed by atoms with Gasteiger partial charge in [0.25, 0.3) is 23.6 Å². The first-order valence-electron chi connectivity index (χ1n) is 9.06. The Bertz CT molecular complexity index is 1020. The van der Waals surface area contributed by atoms with Crippen LogP contribution in [0.25, 0.3) is 0 Å². The zero-order valence-corrected chi connectivity index (χ0v) is 17.3. The Labute approximate surface area is 178 Å². The first-order valence-corrected chi connectivity index (χ1v) is 9.81. The van der Waals surface area contributed by atoms with Crippen LogP contribution in [0.5, 0.6) is 0 Å². The topological polar surface area (TPSA) is 74.8 Å². The van der Waals surface area contributed by atoms with Crippen molar-refractivity contribution in [1.82, 2.24) is 10.0 Å². The van der Waals surface area contributed by atoms with Crippen LogP contribution in [0.1, 0.15) is 47.4 Å². The van der Waals surface area contributed by atoms with Crippen molar-refractivity contribution >= 4 is 46.8 Å². The van der Waals surface area contributed by atoms with Crippen LogP contribution in [-0.2, 0) is 9.59 Å². The maximum absolute atomic E-state index is 13.3. The molecule has 1 aliphatic rings. The normalized spacial score (nSPS) is 15.7. The molecule has 0 aromatic heterocycles. The first kappa shape index (κ1) is 21.0. The fourth-order valence-electron chi connectivity index (χ4n) is 3.39. The molecule has 0 N–H and O–H groups in total. The average Bonchev–Trinajstić information content (AvgIpc) is 2.94. The molecule has 0 aliphatic carbocycles. The molecule has 0 atom stereocenters. The van der Waals surface area contributed by atoms with Crippen molar-refractivity contribution in [1.29, 1.82) is 0 Å². The molecule has 3 rings (SSSR count). The summed E-state index contributed by atoms with van der Waals surface area (Å²) in [6.45, 7) is 3.34. The maximum atomic E-state index is 13.3. The quantitative estimate of drug-likeness (QED) is 0.530. The molecule has 29 heavy (non-hydrogen) atoms. The number of halogens is 2. The smallest absolute Gasteiger partial charge is 0.271 e. The van der Waals surface area contributed by atoms with Crippen molar-refractivity contribution in [2.75, 3.05) is 0 Å². The lowest BCUT2D eigenvalue weighted by Crippen LogP contribution is -2.48. The van der Waals surface area contributed by atoms with Crippen molar-refractivity contribution in [3.8, 4) is 0 Å². The molecule has 0 bridgehead atoms. The van der Waals surface area contributed by atoms with Gasteiger partial charge in [0.1, 0.15) is 5.41 Å². The minimum absolute atomic E-state index is 0.0159. The van der Waals surface area contributed by atoms with E-state index in [2.05, 4.69) is 0 Å². The highest BCUT2D eigenvalue weighted by Gasteiger charge is 2.60. The molecule has 0 radical (unpaired) electrons. The van der Waals surface area contributed by atoms with Crippen LogP contribution in [0.15, 0.2) is 48.5 Å². The lowest BCUT2D eigenvalue weighted by molar-refractivity contribution is -0.138. The van der Waals surface area contributed by atoms with Gasteiger partial charge in [-0.15, -0.1) is 0 Å². The van der Waals surface area contributed by atoms with Gasteiger partial charge in [-0.1, -0.05) is 55.2 Å². The third-order valence-electron chi connectivity index (χ3n) is 5.17. The summed E-state index contributed by atoms with van der Waals surface area (Å²) in [7, 11) is 0. The zero-order valence-electron chi connectivity index (χ0n) is 15.8. The molecular formula is C21H18Cl2N2O4. The third-order valence-corrected chi connectivity index (χ3v) is 5.74. The molecule has 1 fully saturated rings. The summed E-state index contributed by atoms with van der Waals surface area (Å²) in [5.74, 6) is -3.13. The molecule has 1 heterocycles. The largest absolute Gasteiger partial charge is 0.281 e. The fraction of sp³-hybridized carbons (Fsp3) is 0.238. The molecule has 150 valence electrons. The number of hydrogen-bond donors (Lipinski definition) is 0. The van der Waals surface area contributed by atoms with Crippen LogP contribution in [0.4, 0.5) is 0 Å². The molecule has 8 heteroatoms. The molecule has 2 aromatic rings. The van der Waals surface area contributed by atoms with E-state index in [1.807, 2.05) is 0 Å². The van der Waals surface area contributed by atoms with Crippen molar-refractivity contribution < 1.29 is 19.2 Å². The Morgan fingerprint density at radius 2 is 1.45 bits per heavy atom. The van der Waals surface area contributed by atoms with E-state index in [4.69, 9.17) is 23.2 Å². The molecule has 4 amide bonds. The minimum Gasteiger partial charge on any atom is -0.271 e. The van der Waals surface area contributed by atoms with Gasteiger partial charge >= 0.3 is 0 Å². The monoisotopic (exact) mass is 432 g/mol. The van der Waals surface area contributed by atoms with Crippen LogP contribution < -0.4 is 0 Å². The Kier molecular flexibility index (Phi) is 5.78. The summed E-state index contributed by atoms with van der Waals surface area (Å²) in [5, 5.41) is 1.63. The van der Waals surface area contributed by atoms with E-state index < -0.39 is 29.0 Å². The first-order chi connectivity index (χ1) is 13.8. The van der Waals surface area contributed by atoms with Crippen LogP contribution in [0, 0.1) is 5.41 Å². The second-order valence-electron chi connectivity index (χ2n) is 6.62. The van der Waals surface area contributed by atoms with Gasteiger partial charge in [-0.25, -0.2) is 0 Å². The predicted octanol–water partition coefficient (Wildman–Crippen LogP) is 4.37. The molecule has 6 nitrogen and oxygen atoms in total. The highest BCUT2D eigenvalue weighted by atomic mass is 35.5. The van der Waals surface area contributed by atoms with Gasteiger partial charge in [0.15, 0.2) is 0 Å². The highest BCUT2D eigenvalue weighted by molar-refractivity contribution is 6.35. The minimum atomic E-state index is -1.49. The maximum Gasteiger partial charge on any atom is 0.281 e. The van der Waals surface area contributed by atoms with E-state index in [1.165, 1.54) is 24.3 Å². The van der Waals surface area contributed by atoms with Gasteiger partial charge in [0.05, 0.1) is 10.6 Å². The van der Waals surface area contributed by atoms with Crippen molar-refractivity contribution in [3.05, 3.63) is 69.7 Å². The second-order valence-corrected chi connectivity index (χ2v) is 7.47. The molecule has 0 unspecified atom stereocenters. The van der Waals surface area contributed by atoms with Gasteiger partial charge in [-0.05, 0) is 43.2 Å². The number of imide groups is 2. The molecule has 0 spiro atoms. The van der Waals surface area contributed by atoms with Crippen LogP contribution in [-0.4, -0.2) is 33.6 Å². The van der Waals surface area contributed by atoms with Gasteiger partial charge in [-0.2, -0.15) is 10.0 Å². The van der Waals surface area contributed by atoms with E-state index in [-0.39, 0.29) is 34.0 Å². The number of nitrogens with zero attached hydrogens (tertiary/aromatic N) is 2. The van der Waals surface area contributed by atoms with Crippen molar-refractivity contribution in [2.45, 2.75) is 26.7 Å². The second kappa shape index (κ2) is 7.97. The van der Waals surface area contributed by atoms with Crippen molar-refractivity contribution in [3.63, 3.8) is 0 Å². The van der Waals surface area contributed by atoms with E-state index in [1.54, 1.807) is 38.1 Å². The number of hydrazine groups is 1. The number of rotatable bonds is 4. The van der Waals surface area contributed by atoms with Gasteiger partial charge in [-0.3, -0.25) is 19.2 Å². The number of hydrogen-bond acceptors (Lipinski definition) is 4. The van der Waals surface area contributed by atoms with E-state index >= 15 is 0 Å². The molecule has 1 saturated heterocycles. The summed E-state index contributed by atoms with van der Waals surface area (Å²) >= 11 is 12.1. The van der Waals surface area contributed by atoms with E-state index in [0.29, 0.717) is 10.0 Å². The number of benzene rings is 2. The van der Waals surface area contributed by atoms with Crippen LogP contribution >= 0.6 is 23.2 Å². The lowest BCUT2D eigenvalue weighted by atomic mass is 9.81. The summed E-state index contributed by atoms with van der Waals surface area (Å²) in [6.07, 6.45) is 0.291. The predicted molar refractivity (Wildman–Crippen MR) is 108 cm³/mol. The van der Waals surface area contributed by atoms with Crippen molar-refractivity contribution in [2.24, 2.45) is 5.41 Å². The van der Waals surface area contributed by atoms with Crippen LogP contribution in [0.2, 0.25) is 10.0 Å². The van der Waals surface area contributed by atoms with Gasteiger partial charge in [0, 0.05) is 10.6 Å². The number of carbonyl (C=O) groups excluding carboxylic acids is 4.